The highest BCUT2D eigenvalue weighted by Gasteiger charge is 2.29. The van der Waals surface area contributed by atoms with Crippen molar-refractivity contribution >= 4 is 23.5 Å². The third-order valence-corrected chi connectivity index (χ3v) is 7.59. The van der Waals surface area contributed by atoms with Crippen LogP contribution in [-0.2, 0) is 9.59 Å². The number of carbonyl (C=O) groups excluding carboxylic acids is 2. The van der Waals surface area contributed by atoms with Crippen LogP contribution >= 0.6 is 0 Å². The summed E-state index contributed by atoms with van der Waals surface area (Å²) in [5, 5.41) is 3.35. The van der Waals surface area contributed by atoms with E-state index in [-0.39, 0.29) is 23.6 Å². The molecule has 1 aromatic carbocycles. The van der Waals surface area contributed by atoms with E-state index < -0.39 is 5.82 Å². The first kappa shape index (κ1) is 23.7. The lowest BCUT2D eigenvalue weighted by molar-refractivity contribution is -0.137. The van der Waals surface area contributed by atoms with E-state index in [9.17, 15) is 14.0 Å². The number of anilines is 2. The Bertz CT molecular complexity index is 1060. The maximum atomic E-state index is 14.7. The van der Waals surface area contributed by atoms with Crippen molar-refractivity contribution in [2.24, 2.45) is 5.92 Å². The summed E-state index contributed by atoms with van der Waals surface area (Å²) in [7, 11) is 0. The van der Waals surface area contributed by atoms with Crippen LogP contribution in [0.15, 0.2) is 30.5 Å². The summed E-state index contributed by atoms with van der Waals surface area (Å²) in [5.74, 6) is 0.512. The fourth-order valence-electron chi connectivity index (χ4n) is 5.57. The molecule has 8 heteroatoms. The van der Waals surface area contributed by atoms with Gasteiger partial charge in [-0.3, -0.25) is 9.59 Å². The molecule has 3 aliphatic rings. The van der Waals surface area contributed by atoms with E-state index in [1.807, 2.05) is 29.2 Å². The number of piperidine rings is 2. The number of halogens is 1. The number of hydrogen-bond donors (Lipinski definition) is 1. The molecule has 1 aliphatic carbocycles. The normalized spacial score (nSPS) is 20.2. The van der Waals surface area contributed by atoms with Gasteiger partial charge in [0.15, 0.2) is 5.82 Å². The van der Waals surface area contributed by atoms with Crippen molar-refractivity contribution in [2.45, 2.75) is 70.3 Å². The number of amides is 2. The van der Waals surface area contributed by atoms with E-state index in [1.165, 1.54) is 12.6 Å². The Hall–Kier alpha value is -3.03. The number of aromatic nitrogens is 2. The third kappa shape index (κ3) is 5.46. The van der Waals surface area contributed by atoms with E-state index in [0.29, 0.717) is 30.4 Å². The fourth-order valence-corrected chi connectivity index (χ4v) is 5.57. The molecule has 2 aromatic rings. The molecule has 0 unspecified atom stereocenters. The Morgan fingerprint density at radius 2 is 1.80 bits per heavy atom. The van der Waals surface area contributed by atoms with Gasteiger partial charge in [0, 0.05) is 49.3 Å². The molecule has 186 valence electrons. The van der Waals surface area contributed by atoms with Crippen molar-refractivity contribution < 1.29 is 14.0 Å². The molecule has 1 saturated carbocycles. The number of carbonyl (C=O) groups is 2. The molecule has 1 N–H and O–H groups in total. The summed E-state index contributed by atoms with van der Waals surface area (Å²) in [5.41, 5.74) is 1.62. The monoisotopic (exact) mass is 479 g/mol. The third-order valence-electron chi connectivity index (χ3n) is 7.59. The van der Waals surface area contributed by atoms with Crippen LogP contribution in [0, 0.1) is 11.7 Å². The van der Waals surface area contributed by atoms with E-state index in [2.05, 4.69) is 15.3 Å². The second kappa shape index (κ2) is 10.7. The molecule has 7 nitrogen and oxygen atoms in total. The van der Waals surface area contributed by atoms with Crippen LogP contribution in [-0.4, -0.2) is 52.4 Å². The van der Waals surface area contributed by atoms with E-state index >= 15 is 0 Å². The van der Waals surface area contributed by atoms with Crippen LogP contribution in [0.25, 0.3) is 11.3 Å². The maximum Gasteiger partial charge on any atom is 0.226 e. The van der Waals surface area contributed by atoms with E-state index in [1.54, 1.807) is 4.90 Å². The van der Waals surface area contributed by atoms with E-state index in [4.69, 9.17) is 0 Å². The molecule has 2 amide bonds. The highest BCUT2D eigenvalue weighted by molar-refractivity contribution is 5.94. The minimum Gasteiger partial charge on any atom is -0.351 e. The van der Waals surface area contributed by atoms with Crippen LogP contribution in [0.1, 0.15) is 64.2 Å². The molecule has 2 saturated heterocycles. The molecule has 2 aliphatic heterocycles. The van der Waals surface area contributed by atoms with E-state index in [0.717, 1.165) is 70.1 Å². The van der Waals surface area contributed by atoms with Crippen molar-refractivity contribution in [3.8, 4) is 11.3 Å². The number of benzene rings is 1. The van der Waals surface area contributed by atoms with Crippen molar-refractivity contribution in [1.82, 2.24) is 14.9 Å². The number of nitrogens with one attached hydrogen (secondary N) is 1. The number of hydrogen-bond acceptors (Lipinski definition) is 5. The second-order valence-corrected chi connectivity index (χ2v) is 10.0. The first-order valence-electron chi connectivity index (χ1n) is 13.1. The maximum absolute atomic E-state index is 14.7. The topological polar surface area (TPSA) is 78.4 Å². The standard InChI is InChI=1S/C27H34FN5O2/c28-23-18-29-27(30-21-12-15-32(16-13-21)26(35)19-7-2-1-3-8-19)31-25(23)20-9-6-10-22(17-20)33-14-5-4-11-24(33)34/h6,9-10,17-19,21H,1-5,7-8,11-16H2,(H,29,30,31). The van der Waals surface area contributed by atoms with Crippen LogP contribution < -0.4 is 10.2 Å². The zero-order valence-corrected chi connectivity index (χ0v) is 20.2. The largest absolute Gasteiger partial charge is 0.351 e. The SMILES string of the molecule is O=C(C1CCCCC1)N1CCC(Nc2ncc(F)c(-c3cccc(N4CCCCC4=O)c3)n2)CC1. The number of likely N-dealkylation sites (tertiary alicyclic amines) is 1. The first-order valence-corrected chi connectivity index (χ1v) is 13.1. The van der Waals surface area contributed by atoms with Crippen molar-refractivity contribution in [2.75, 3.05) is 29.9 Å². The lowest BCUT2D eigenvalue weighted by Crippen LogP contribution is -2.45. The van der Waals surface area contributed by atoms with Crippen LogP contribution in [0.5, 0.6) is 0 Å². The minimum atomic E-state index is -0.495. The van der Waals surface area contributed by atoms with Gasteiger partial charge >= 0.3 is 0 Å². The zero-order valence-electron chi connectivity index (χ0n) is 20.2. The van der Waals surface area contributed by atoms with Crippen LogP contribution in [0.4, 0.5) is 16.0 Å². The van der Waals surface area contributed by atoms with Gasteiger partial charge in [0.25, 0.3) is 0 Å². The van der Waals surface area contributed by atoms with Gasteiger partial charge in [-0.25, -0.2) is 14.4 Å². The molecule has 0 atom stereocenters. The van der Waals surface area contributed by atoms with Gasteiger partial charge in [0.2, 0.25) is 17.8 Å². The molecule has 35 heavy (non-hydrogen) atoms. The smallest absolute Gasteiger partial charge is 0.226 e. The van der Waals surface area contributed by atoms with Crippen LogP contribution in [0.2, 0.25) is 0 Å². The minimum absolute atomic E-state index is 0.104. The van der Waals surface area contributed by atoms with Crippen molar-refractivity contribution in [1.29, 1.82) is 0 Å². The molecule has 0 spiro atoms. The molecule has 3 fully saturated rings. The van der Waals surface area contributed by atoms with Gasteiger partial charge in [0.05, 0.1) is 6.20 Å². The quantitative estimate of drug-likeness (QED) is 0.668. The van der Waals surface area contributed by atoms with Gasteiger partial charge in [-0.2, -0.15) is 0 Å². The molecular weight excluding hydrogens is 445 g/mol. The molecule has 5 rings (SSSR count). The van der Waals surface area contributed by atoms with Crippen LogP contribution in [0.3, 0.4) is 0 Å². The Labute approximate surface area is 206 Å². The Balaban J connectivity index is 1.24. The fraction of sp³-hybridized carbons (Fsp3) is 0.556. The molecular formula is C27H34FN5O2. The highest BCUT2D eigenvalue weighted by Crippen LogP contribution is 2.29. The first-order chi connectivity index (χ1) is 17.1. The predicted molar refractivity (Wildman–Crippen MR) is 133 cm³/mol. The van der Waals surface area contributed by atoms with Gasteiger partial charge in [-0.15, -0.1) is 0 Å². The van der Waals surface area contributed by atoms with Gasteiger partial charge in [0.1, 0.15) is 5.69 Å². The Morgan fingerprint density at radius 3 is 2.57 bits per heavy atom. The number of nitrogens with zero attached hydrogens (tertiary/aromatic N) is 4. The molecule has 1 aromatic heterocycles. The summed E-state index contributed by atoms with van der Waals surface area (Å²) in [6.07, 6.45) is 10.9. The second-order valence-electron chi connectivity index (χ2n) is 10.0. The molecule has 3 heterocycles. The number of rotatable bonds is 5. The Kier molecular flexibility index (Phi) is 7.25. The highest BCUT2D eigenvalue weighted by atomic mass is 19.1. The van der Waals surface area contributed by atoms with Gasteiger partial charge < -0.3 is 15.1 Å². The van der Waals surface area contributed by atoms with Crippen molar-refractivity contribution in [3.05, 3.63) is 36.3 Å². The Morgan fingerprint density at radius 1 is 1.00 bits per heavy atom. The van der Waals surface area contributed by atoms with Gasteiger partial charge in [-0.05, 0) is 50.7 Å². The summed E-state index contributed by atoms with van der Waals surface area (Å²) >= 11 is 0. The predicted octanol–water partition coefficient (Wildman–Crippen LogP) is 4.78. The molecule has 0 radical (unpaired) electrons. The van der Waals surface area contributed by atoms with Gasteiger partial charge in [-0.1, -0.05) is 31.4 Å². The lowest BCUT2D eigenvalue weighted by atomic mass is 9.87. The average Bonchev–Trinajstić information content (AvgIpc) is 2.91. The summed E-state index contributed by atoms with van der Waals surface area (Å²) < 4.78 is 14.7. The summed E-state index contributed by atoms with van der Waals surface area (Å²) in [6, 6.07) is 7.49. The van der Waals surface area contributed by atoms with Crippen molar-refractivity contribution in [3.63, 3.8) is 0 Å². The summed E-state index contributed by atoms with van der Waals surface area (Å²) in [6.45, 7) is 2.14. The lowest BCUT2D eigenvalue weighted by Gasteiger charge is -2.35. The average molecular weight is 480 g/mol. The summed E-state index contributed by atoms with van der Waals surface area (Å²) in [4.78, 5) is 37.6. The zero-order chi connectivity index (χ0) is 24.2. The molecule has 0 bridgehead atoms.